The fourth-order valence-corrected chi connectivity index (χ4v) is 3.55. The number of nitrogens with two attached hydrogens (primary N) is 1. The maximum absolute atomic E-state index is 12.5. The van der Waals surface area contributed by atoms with Crippen molar-refractivity contribution >= 4 is 11.9 Å². The van der Waals surface area contributed by atoms with Crippen molar-refractivity contribution < 1.29 is 19.4 Å². The molecule has 0 aromatic rings. The Morgan fingerprint density at radius 3 is 2.76 bits per heavy atom. The number of carbonyl (C=O) groups excluding carboxylic acids is 1. The summed E-state index contributed by atoms with van der Waals surface area (Å²) in [5, 5.41) is 9.58. The Hall–Kier alpha value is -1.14. The number of likely N-dealkylation sites (tertiary alicyclic amines) is 1. The van der Waals surface area contributed by atoms with Gasteiger partial charge in [0.25, 0.3) is 5.91 Å². The minimum atomic E-state index is -0.783. The van der Waals surface area contributed by atoms with Crippen molar-refractivity contribution in [3.63, 3.8) is 0 Å². The van der Waals surface area contributed by atoms with E-state index >= 15 is 0 Å². The molecule has 2 heterocycles. The highest BCUT2D eigenvalue weighted by Crippen LogP contribution is 2.36. The topological polar surface area (TPSA) is 92.9 Å². The summed E-state index contributed by atoms with van der Waals surface area (Å²) in [5.41, 5.74) is 4.79. The standard InChI is InChI=1S/C15H26N2O4/c1-2-6-15(14(19)20)7-3-8-17(10-15)13(18)12-5-4-11(9-16)21-12/h11-12H,2-10,16H2,1H3,(H,19,20). The summed E-state index contributed by atoms with van der Waals surface area (Å²) in [6.07, 6.45) is 3.83. The zero-order valence-electron chi connectivity index (χ0n) is 12.7. The zero-order chi connectivity index (χ0) is 15.5. The van der Waals surface area contributed by atoms with Gasteiger partial charge in [-0.1, -0.05) is 13.3 Å². The van der Waals surface area contributed by atoms with Gasteiger partial charge in [-0.05, 0) is 32.1 Å². The van der Waals surface area contributed by atoms with Gasteiger partial charge in [0.05, 0.1) is 11.5 Å². The van der Waals surface area contributed by atoms with Gasteiger partial charge in [-0.25, -0.2) is 0 Å². The van der Waals surface area contributed by atoms with Crippen LogP contribution in [0, 0.1) is 5.41 Å². The Labute approximate surface area is 125 Å². The van der Waals surface area contributed by atoms with Gasteiger partial charge in [0.1, 0.15) is 6.10 Å². The Kier molecular flexibility index (Phi) is 5.22. The molecule has 2 saturated heterocycles. The molecule has 0 saturated carbocycles. The molecule has 0 aromatic heterocycles. The van der Waals surface area contributed by atoms with E-state index in [4.69, 9.17) is 10.5 Å². The normalized spacial score (nSPS) is 33.1. The first kappa shape index (κ1) is 16.2. The maximum atomic E-state index is 12.5. The zero-order valence-corrected chi connectivity index (χ0v) is 12.7. The number of hydrogen-bond acceptors (Lipinski definition) is 4. The Morgan fingerprint density at radius 2 is 2.19 bits per heavy atom. The van der Waals surface area contributed by atoms with Crippen LogP contribution in [0.2, 0.25) is 0 Å². The van der Waals surface area contributed by atoms with E-state index in [1.807, 2.05) is 6.92 Å². The molecule has 2 fully saturated rings. The van der Waals surface area contributed by atoms with Crippen LogP contribution in [0.1, 0.15) is 45.4 Å². The Bertz CT molecular complexity index is 397. The summed E-state index contributed by atoms with van der Waals surface area (Å²) in [5.74, 6) is -0.846. The van der Waals surface area contributed by atoms with E-state index < -0.39 is 17.5 Å². The van der Waals surface area contributed by atoms with E-state index in [0.29, 0.717) is 38.9 Å². The van der Waals surface area contributed by atoms with Crippen molar-refractivity contribution in [2.45, 2.75) is 57.7 Å². The van der Waals surface area contributed by atoms with Gasteiger partial charge in [0, 0.05) is 19.6 Å². The highest BCUT2D eigenvalue weighted by Gasteiger charge is 2.44. The molecule has 1 amide bonds. The van der Waals surface area contributed by atoms with E-state index in [-0.39, 0.29) is 12.0 Å². The van der Waals surface area contributed by atoms with Crippen molar-refractivity contribution in [1.82, 2.24) is 4.90 Å². The van der Waals surface area contributed by atoms with Crippen LogP contribution in [0.25, 0.3) is 0 Å². The summed E-state index contributed by atoms with van der Waals surface area (Å²) in [4.78, 5) is 25.9. The maximum Gasteiger partial charge on any atom is 0.311 e. The van der Waals surface area contributed by atoms with Crippen LogP contribution in [-0.2, 0) is 14.3 Å². The van der Waals surface area contributed by atoms with E-state index in [1.54, 1.807) is 4.90 Å². The van der Waals surface area contributed by atoms with Gasteiger partial charge in [-0.2, -0.15) is 0 Å². The smallest absolute Gasteiger partial charge is 0.311 e. The molecule has 2 aliphatic rings. The highest BCUT2D eigenvalue weighted by molar-refractivity contribution is 5.83. The van der Waals surface area contributed by atoms with Crippen LogP contribution >= 0.6 is 0 Å². The third-order valence-electron chi connectivity index (χ3n) is 4.72. The Morgan fingerprint density at radius 1 is 1.43 bits per heavy atom. The molecule has 0 spiro atoms. The van der Waals surface area contributed by atoms with Gasteiger partial charge in [0.2, 0.25) is 0 Å². The number of rotatable bonds is 5. The number of hydrogen-bond donors (Lipinski definition) is 2. The molecule has 21 heavy (non-hydrogen) atoms. The lowest BCUT2D eigenvalue weighted by molar-refractivity contribution is -0.158. The molecule has 6 heteroatoms. The average molecular weight is 298 g/mol. The van der Waals surface area contributed by atoms with E-state index in [1.165, 1.54) is 0 Å². The second kappa shape index (κ2) is 6.75. The molecule has 0 bridgehead atoms. The molecule has 0 radical (unpaired) electrons. The molecular weight excluding hydrogens is 272 g/mol. The quantitative estimate of drug-likeness (QED) is 0.789. The average Bonchev–Trinajstić information content (AvgIpc) is 2.96. The summed E-state index contributed by atoms with van der Waals surface area (Å²) in [6.45, 7) is 3.35. The molecule has 0 aliphatic carbocycles. The number of carboxylic acid groups (broad SMARTS) is 1. The number of amides is 1. The fraction of sp³-hybridized carbons (Fsp3) is 0.867. The predicted octanol–water partition coefficient (Wildman–Crippen LogP) is 0.986. The number of carbonyl (C=O) groups is 2. The van der Waals surface area contributed by atoms with Crippen LogP contribution < -0.4 is 5.73 Å². The second-order valence-electron chi connectivity index (χ2n) is 6.26. The lowest BCUT2D eigenvalue weighted by Gasteiger charge is -2.40. The first-order chi connectivity index (χ1) is 10.0. The third-order valence-corrected chi connectivity index (χ3v) is 4.72. The fourth-order valence-electron chi connectivity index (χ4n) is 3.55. The molecule has 3 N–H and O–H groups in total. The largest absolute Gasteiger partial charge is 0.481 e. The SMILES string of the molecule is CCCC1(C(=O)O)CCCN(C(=O)C2CCC(CN)O2)C1. The van der Waals surface area contributed by atoms with Gasteiger partial charge in [-0.3, -0.25) is 9.59 Å². The summed E-state index contributed by atoms with van der Waals surface area (Å²) < 4.78 is 5.65. The van der Waals surface area contributed by atoms with Crippen molar-refractivity contribution in [3.05, 3.63) is 0 Å². The summed E-state index contributed by atoms with van der Waals surface area (Å²) >= 11 is 0. The lowest BCUT2D eigenvalue weighted by atomic mass is 9.76. The molecule has 120 valence electrons. The van der Waals surface area contributed by atoms with Crippen LogP contribution in [-0.4, -0.2) is 53.7 Å². The van der Waals surface area contributed by atoms with Gasteiger partial charge >= 0.3 is 5.97 Å². The molecular formula is C15H26N2O4. The monoisotopic (exact) mass is 298 g/mol. The van der Waals surface area contributed by atoms with Crippen LogP contribution in [0.5, 0.6) is 0 Å². The van der Waals surface area contributed by atoms with Crippen molar-refractivity contribution in [3.8, 4) is 0 Å². The minimum absolute atomic E-state index is 0.0383. The van der Waals surface area contributed by atoms with Crippen molar-refractivity contribution in [2.24, 2.45) is 11.1 Å². The number of piperidine rings is 1. The van der Waals surface area contributed by atoms with Crippen molar-refractivity contribution in [1.29, 1.82) is 0 Å². The Balaban J connectivity index is 2.03. The van der Waals surface area contributed by atoms with Crippen LogP contribution in [0.15, 0.2) is 0 Å². The number of nitrogens with zero attached hydrogens (tertiary/aromatic N) is 1. The van der Waals surface area contributed by atoms with Crippen LogP contribution in [0.4, 0.5) is 0 Å². The summed E-state index contributed by atoms with van der Waals surface area (Å²) in [7, 11) is 0. The van der Waals surface area contributed by atoms with E-state index in [9.17, 15) is 14.7 Å². The number of carboxylic acids is 1. The van der Waals surface area contributed by atoms with E-state index in [0.717, 1.165) is 19.3 Å². The van der Waals surface area contributed by atoms with Gasteiger partial charge < -0.3 is 20.5 Å². The first-order valence-corrected chi connectivity index (χ1v) is 7.90. The number of ether oxygens (including phenoxy) is 1. The molecule has 3 atom stereocenters. The minimum Gasteiger partial charge on any atom is -0.481 e. The second-order valence-corrected chi connectivity index (χ2v) is 6.26. The lowest BCUT2D eigenvalue weighted by Crippen LogP contribution is -2.52. The molecule has 6 nitrogen and oxygen atoms in total. The predicted molar refractivity (Wildman–Crippen MR) is 77.7 cm³/mol. The highest BCUT2D eigenvalue weighted by atomic mass is 16.5. The molecule has 2 rings (SSSR count). The van der Waals surface area contributed by atoms with E-state index in [2.05, 4.69) is 0 Å². The molecule has 0 aromatic carbocycles. The third kappa shape index (κ3) is 3.37. The first-order valence-electron chi connectivity index (χ1n) is 7.90. The van der Waals surface area contributed by atoms with Gasteiger partial charge in [-0.15, -0.1) is 0 Å². The number of aliphatic carboxylic acids is 1. The van der Waals surface area contributed by atoms with Crippen LogP contribution in [0.3, 0.4) is 0 Å². The molecule has 3 unspecified atom stereocenters. The summed E-state index contributed by atoms with van der Waals surface area (Å²) in [6, 6.07) is 0. The van der Waals surface area contributed by atoms with Crippen molar-refractivity contribution in [2.75, 3.05) is 19.6 Å². The molecule has 2 aliphatic heterocycles. The van der Waals surface area contributed by atoms with Gasteiger partial charge in [0.15, 0.2) is 0 Å².